The lowest BCUT2D eigenvalue weighted by atomic mass is 10.2. The van der Waals surface area contributed by atoms with Gasteiger partial charge in [-0.25, -0.2) is 0 Å². The van der Waals surface area contributed by atoms with E-state index >= 15 is 0 Å². The summed E-state index contributed by atoms with van der Waals surface area (Å²) in [6, 6.07) is 3.98. The van der Waals surface area contributed by atoms with Crippen LogP contribution in [0.1, 0.15) is 11.9 Å². The molecule has 0 saturated carbocycles. The number of nitrogens with zero attached hydrogens (tertiary/aromatic N) is 1. The summed E-state index contributed by atoms with van der Waals surface area (Å²) < 4.78 is 16.3. The van der Waals surface area contributed by atoms with Crippen LogP contribution in [0.4, 0.5) is 0 Å². The standard InChI is InChI=1S/C13H19NO3Si/c1-15-13(16-2)9-6-11-10(14-8-9)7-12(17-11)18(3,4)5/h6-8,13H,1-5H3. The number of pyridine rings is 1. The van der Waals surface area contributed by atoms with E-state index < -0.39 is 14.4 Å². The van der Waals surface area contributed by atoms with Gasteiger partial charge in [0.2, 0.25) is 0 Å². The summed E-state index contributed by atoms with van der Waals surface area (Å²) in [6.45, 7) is 6.75. The molecule has 0 amide bonds. The highest BCUT2D eigenvalue weighted by Crippen LogP contribution is 2.22. The molecule has 0 spiro atoms. The topological polar surface area (TPSA) is 44.5 Å². The summed E-state index contributed by atoms with van der Waals surface area (Å²) >= 11 is 0. The predicted molar refractivity (Wildman–Crippen MR) is 73.7 cm³/mol. The highest BCUT2D eigenvalue weighted by molar-refractivity contribution is 6.87. The van der Waals surface area contributed by atoms with Crippen molar-refractivity contribution < 1.29 is 13.9 Å². The molecule has 4 nitrogen and oxygen atoms in total. The van der Waals surface area contributed by atoms with Gasteiger partial charge in [-0.15, -0.1) is 0 Å². The smallest absolute Gasteiger partial charge is 0.184 e. The van der Waals surface area contributed by atoms with Crippen LogP contribution in [-0.4, -0.2) is 27.3 Å². The molecule has 2 heterocycles. The molecule has 0 radical (unpaired) electrons. The molecule has 0 saturated heterocycles. The lowest BCUT2D eigenvalue weighted by Crippen LogP contribution is -2.36. The molecule has 0 fully saturated rings. The van der Waals surface area contributed by atoms with E-state index in [0.29, 0.717) is 0 Å². The zero-order valence-corrected chi connectivity index (χ0v) is 12.5. The molecule has 2 aromatic heterocycles. The molecule has 0 aliphatic carbocycles. The van der Waals surface area contributed by atoms with E-state index in [2.05, 4.69) is 24.6 Å². The van der Waals surface area contributed by atoms with Crippen molar-refractivity contribution in [2.24, 2.45) is 0 Å². The van der Waals surface area contributed by atoms with Gasteiger partial charge in [0, 0.05) is 32.0 Å². The van der Waals surface area contributed by atoms with Gasteiger partial charge in [0.25, 0.3) is 0 Å². The fraction of sp³-hybridized carbons (Fsp3) is 0.462. The van der Waals surface area contributed by atoms with E-state index in [1.807, 2.05) is 12.1 Å². The summed E-state index contributed by atoms with van der Waals surface area (Å²) in [5.41, 5.74) is 2.55. The summed E-state index contributed by atoms with van der Waals surface area (Å²) in [6.07, 6.45) is 1.37. The van der Waals surface area contributed by atoms with Crippen molar-refractivity contribution in [2.45, 2.75) is 25.9 Å². The minimum Gasteiger partial charge on any atom is -0.465 e. The Morgan fingerprint density at radius 2 is 1.83 bits per heavy atom. The first kappa shape index (κ1) is 13.3. The van der Waals surface area contributed by atoms with E-state index in [-0.39, 0.29) is 0 Å². The average molecular weight is 265 g/mol. The molecule has 0 bridgehead atoms. The van der Waals surface area contributed by atoms with Gasteiger partial charge >= 0.3 is 0 Å². The second kappa shape index (κ2) is 4.83. The van der Waals surface area contributed by atoms with Crippen molar-refractivity contribution in [3.05, 3.63) is 23.9 Å². The van der Waals surface area contributed by atoms with Crippen molar-refractivity contribution in [3.8, 4) is 0 Å². The Kier molecular flexibility index (Phi) is 3.56. The van der Waals surface area contributed by atoms with Crippen molar-refractivity contribution in [1.29, 1.82) is 0 Å². The van der Waals surface area contributed by atoms with Crippen LogP contribution in [0.3, 0.4) is 0 Å². The fourth-order valence-electron chi connectivity index (χ4n) is 1.80. The van der Waals surface area contributed by atoms with Crippen molar-refractivity contribution in [2.75, 3.05) is 14.2 Å². The number of hydrogen-bond donors (Lipinski definition) is 0. The van der Waals surface area contributed by atoms with Crippen LogP contribution in [0.15, 0.2) is 22.7 Å². The minimum absolute atomic E-state index is 0.401. The Morgan fingerprint density at radius 3 is 2.39 bits per heavy atom. The molecular weight excluding hydrogens is 246 g/mol. The van der Waals surface area contributed by atoms with Crippen LogP contribution in [0.2, 0.25) is 19.6 Å². The largest absolute Gasteiger partial charge is 0.465 e. The lowest BCUT2D eigenvalue weighted by molar-refractivity contribution is -0.106. The van der Waals surface area contributed by atoms with E-state index in [0.717, 1.165) is 22.0 Å². The van der Waals surface area contributed by atoms with Gasteiger partial charge in [-0.2, -0.15) is 0 Å². The summed E-state index contributed by atoms with van der Waals surface area (Å²) in [4.78, 5) is 4.40. The number of hydrogen-bond acceptors (Lipinski definition) is 4. The maximum absolute atomic E-state index is 5.90. The second-order valence-corrected chi connectivity index (χ2v) is 10.3. The van der Waals surface area contributed by atoms with E-state index in [4.69, 9.17) is 13.9 Å². The van der Waals surface area contributed by atoms with E-state index in [9.17, 15) is 0 Å². The first-order valence-corrected chi connectivity index (χ1v) is 9.41. The van der Waals surface area contributed by atoms with Crippen LogP contribution in [0.5, 0.6) is 0 Å². The van der Waals surface area contributed by atoms with Gasteiger partial charge in [0.05, 0.1) is 5.38 Å². The molecule has 5 heteroatoms. The average Bonchev–Trinajstić information content (AvgIpc) is 2.73. The molecule has 0 aliphatic heterocycles. The molecule has 18 heavy (non-hydrogen) atoms. The highest BCUT2D eigenvalue weighted by atomic mass is 28.3. The molecule has 0 aromatic carbocycles. The Bertz CT molecular complexity index is 541. The normalized spacial score (nSPS) is 12.6. The van der Waals surface area contributed by atoms with E-state index in [1.165, 1.54) is 0 Å². The molecule has 0 N–H and O–H groups in total. The third kappa shape index (κ3) is 2.48. The summed E-state index contributed by atoms with van der Waals surface area (Å²) in [5, 5.41) is 1.06. The third-order valence-electron chi connectivity index (χ3n) is 2.83. The monoisotopic (exact) mass is 265 g/mol. The van der Waals surface area contributed by atoms with Gasteiger partial charge in [-0.1, -0.05) is 19.6 Å². The fourth-order valence-corrected chi connectivity index (χ4v) is 2.79. The molecular formula is C13H19NO3Si. The highest BCUT2D eigenvalue weighted by Gasteiger charge is 2.22. The van der Waals surface area contributed by atoms with Crippen molar-refractivity contribution >= 4 is 24.6 Å². The van der Waals surface area contributed by atoms with Gasteiger partial charge < -0.3 is 13.9 Å². The van der Waals surface area contributed by atoms with Crippen LogP contribution in [0.25, 0.3) is 11.1 Å². The van der Waals surface area contributed by atoms with E-state index in [1.54, 1.807) is 20.4 Å². The van der Waals surface area contributed by atoms with Gasteiger partial charge in [-0.05, 0) is 6.07 Å². The number of ether oxygens (including phenoxy) is 2. The van der Waals surface area contributed by atoms with Crippen LogP contribution in [0, 0.1) is 0 Å². The quantitative estimate of drug-likeness (QED) is 0.630. The lowest BCUT2D eigenvalue weighted by Gasteiger charge is -2.12. The SMILES string of the molecule is COC(OC)c1cnc2cc([Si](C)(C)C)oc2c1. The Labute approximate surface area is 108 Å². The Morgan fingerprint density at radius 1 is 1.17 bits per heavy atom. The Hall–Kier alpha value is -1.17. The molecule has 0 unspecified atom stereocenters. The second-order valence-electron chi connectivity index (χ2n) is 5.32. The van der Waals surface area contributed by atoms with Gasteiger partial charge in [0.1, 0.15) is 13.6 Å². The number of fused-ring (bicyclic) bond motifs is 1. The van der Waals surface area contributed by atoms with Gasteiger partial charge in [-0.3, -0.25) is 4.98 Å². The zero-order chi connectivity index (χ0) is 13.3. The maximum atomic E-state index is 5.90. The van der Waals surface area contributed by atoms with Crippen LogP contribution in [-0.2, 0) is 9.47 Å². The summed E-state index contributed by atoms with van der Waals surface area (Å²) in [7, 11) is 1.76. The maximum Gasteiger partial charge on any atom is 0.184 e. The minimum atomic E-state index is -1.45. The zero-order valence-electron chi connectivity index (χ0n) is 11.5. The molecule has 98 valence electrons. The first-order chi connectivity index (χ1) is 8.45. The molecule has 0 aliphatic rings. The van der Waals surface area contributed by atoms with Crippen molar-refractivity contribution in [3.63, 3.8) is 0 Å². The predicted octanol–water partition coefficient (Wildman–Crippen LogP) is 2.66. The summed E-state index contributed by atoms with van der Waals surface area (Å²) in [5.74, 6) is 0. The van der Waals surface area contributed by atoms with Crippen LogP contribution < -0.4 is 5.38 Å². The Balaban J connectivity index is 2.45. The molecule has 2 rings (SSSR count). The third-order valence-corrected chi connectivity index (χ3v) is 4.55. The first-order valence-electron chi connectivity index (χ1n) is 5.91. The number of methoxy groups -OCH3 is 2. The van der Waals surface area contributed by atoms with Crippen LogP contribution >= 0.6 is 0 Å². The molecule has 0 atom stereocenters. The number of aromatic nitrogens is 1. The van der Waals surface area contributed by atoms with Gasteiger partial charge in [0.15, 0.2) is 11.9 Å². The number of rotatable bonds is 4. The number of furan rings is 1. The molecule has 2 aromatic rings. The van der Waals surface area contributed by atoms with Crippen molar-refractivity contribution in [1.82, 2.24) is 4.98 Å².